The minimum atomic E-state index is -0.225. The van der Waals surface area contributed by atoms with Gasteiger partial charge in [0.15, 0.2) is 18.1 Å². The summed E-state index contributed by atoms with van der Waals surface area (Å²) in [4.78, 5) is 16.7. The predicted octanol–water partition coefficient (Wildman–Crippen LogP) is 4.54. The van der Waals surface area contributed by atoms with Crippen molar-refractivity contribution in [1.82, 2.24) is 10.1 Å². The molecule has 8 nitrogen and oxygen atoms in total. The molecule has 2 aromatic carbocycles. The molecule has 4 rings (SSSR count). The maximum atomic E-state index is 12.7. The SMILES string of the molecule is COc1ccc(NC(=O)c2ccc(OCc3noc(C)n3)cc2)cc1OC1CCCC1. The van der Waals surface area contributed by atoms with Crippen LogP contribution in [0.3, 0.4) is 0 Å². The lowest BCUT2D eigenvalue weighted by molar-refractivity contribution is 0.102. The monoisotopic (exact) mass is 423 g/mol. The number of hydrogen-bond donors (Lipinski definition) is 1. The topological polar surface area (TPSA) is 95.7 Å². The van der Waals surface area contributed by atoms with Crippen molar-refractivity contribution < 1.29 is 23.5 Å². The van der Waals surface area contributed by atoms with Gasteiger partial charge in [-0.2, -0.15) is 4.98 Å². The first kappa shape index (κ1) is 20.7. The second kappa shape index (κ2) is 9.51. The highest BCUT2D eigenvalue weighted by molar-refractivity contribution is 6.04. The Morgan fingerprint density at radius 2 is 1.90 bits per heavy atom. The first-order chi connectivity index (χ1) is 15.1. The molecule has 0 saturated heterocycles. The van der Waals surface area contributed by atoms with Crippen molar-refractivity contribution in [2.24, 2.45) is 0 Å². The Kier molecular flexibility index (Phi) is 6.35. The van der Waals surface area contributed by atoms with Gasteiger partial charge < -0.3 is 24.1 Å². The average molecular weight is 423 g/mol. The second-order valence-corrected chi connectivity index (χ2v) is 7.39. The lowest BCUT2D eigenvalue weighted by Crippen LogP contribution is -2.14. The Bertz CT molecular complexity index is 1030. The zero-order valence-electron chi connectivity index (χ0n) is 17.6. The highest BCUT2D eigenvalue weighted by atomic mass is 16.5. The van der Waals surface area contributed by atoms with E-state index in [1.54, 1.807) is 56.5 Å². The number of aryl methyl sites for hydroxylation is 1. The molecule has 1 heterocycles. The van der Waals surface area contributed by atoms with Gasteiger partial charge in [-0.3, -0.25) is 4.79 Å². The van der Waals surface area contributed by atoms with Crippen LogP contribution in [0.5, 0.6) is 17.2 Å². The van der Waals surface area contributed by atoms with Crippen LogP contribution in [0, 0.1) is 6.92 Å². The molecule has 0 bridgehead atoms. The molecule has 31 heavy (non-hydrogen) atoms. The Labute approximate surface area is 180 Å². The van der Waals surface area contributed by atoms with Gasteiger partial charge in [-0.1, -0.05) is 5.16 Å². The van der Waals surface area contributed by atoms with Gasteiger partial charge in [-0.05, 0) is 62.1 Å². The number of ether oxygens (including phenoxy) is 3. The Balaban J connectivity index is 1.38. The maximum absolute atomic E-state index is 12.7. The van der Waals surface area contributed by atoms with Crippen LogP contribution >= 0.6 is 0 Å². The van der Waals surface area contributed by atoms with E-state index in [-0.39, 0.29) is 18.6 Å². The molecule has 0 spiro atoms. The van der Waals surface area contributed by atoms with E-state index in [1.807, 2.05) is 0 Å². The van der Waals surface area contributed by atoms with Crippen molar-refractivity contribution in [2.75, 3.05) is 12.4 Å². The highest BCUT2D eigenvalue weighted by Crippen LogP contribution is 2.34. The van der Waals surface area contributed by atoms with Gasteiger partial charge in [0.2, 0.25) is 11.7 Å². The quantitative estimate of drug-likeness (QED) is 0.568. The van der Waals surface area contributed by atoms with E-state index >= 15 is 0 Å². The van der Waals surface area contributed by atoms with E-state index in [0.717, 1.165) is 12.8 Å². The molecular weight excluding hydrogens is 398 g/mol. The Morgan fingerprint density at radius 1 is 1.13 bits per heavy atom. The molecule has 3 aromatic rings. The minimum absolute atomic E-state index is 0.193. The molecule has 1 N–H and O–H groups in total. The molecule has 0 aliphatic heterocycles. The molecule has 8 heteroatoms. The summed E-state index contributed by atoms with van der Waals surface area (Å²) in [6.07, 6.45) is 4.64. The van der Waals surface area contributed by atoms with Crippen LogP contribution in [0.1, 0.15) is 47.8 Å². The lowest BCUT2D eigenvalue weighted by atomic mass is 10.2. The molecule has 1 aliphatic carbocycles. The third-order valence-electron chi connectivity index (χ3n) is 5.07. The summed E-state index contributed by atoms with van der Waals surface area (Å²) in [5, 5.41) is 6.69. The number of hydrogen-bond acceptors (Lipinski definition) is 7. The molecule has 1 aliphatic rings. The van der Waals surface area contributed by atoms with Crippen LogP contribution in [-0.4, -0.2) is 29.3 Å². The Morgan fingerprint density at radius 3 is 2.58 bits per heavy atom. The van der Waals surface area contributed by atoms with E-state index in [9.17, 15) is 4.79 Å². The summed E-state index contributed by atoms with van der Waals surface area (Å²) in [5.41, 5.74) is 1.16. The molecule has 0 atom stereocenters. The van der Waals surface area contributed by atoms with Crippen LogP contribution in [0.25, 0.3) is 0 Å². The van der Waals surface area contributed by atoms with Gasteiger partial charge in [-0.25, -0.2) is 0 Å². The van der Waals surface area contributed by atoms with Gasteiger partial charge in [0, 0.05) is 24.2 Å². The largest absolute Gasteiger partial charge is 0.493 e. The average Bonchev–Trinajstić information content (AvgIpc) is 3.44. The van der Waals surface area contributed by atoms with E-state index < -0.39 is 0 Å². The van der Waals surface area contributed by atoms with Crippen LogP contribution in [0.2, 0.25) is 0 Å². The van der Waals surface area contributed by atoms with E-state index in [4.69, 9.17) is 18.7 Å². The van der Waals surface area contributed by atoms with Crippen LogP contribution < -0.4 is 19.5 Å². The second-order valence-electron chi connectivity index (χ2n) is 7.39. The molecule has 1 aromatic heterocycles. The summed E-state index contributed by atoms with van der Waals surface area (Å²) in [7, 11) is 1.61. The fourth-order valence-corrected chi connectivity index (χ4v) is 3.49. The first-order valence-electron chi connectivity index (χ1n) is 10.3. The Hall–Kier alpha value is -3.55. The van der Waals surface area contributed by atoms with Crippen molar-refractivity contribution in [3.63, 3.8) is 0 Å². The maximum Gasteiger partial charge on any atom is 0.255 e. The number of anilines is 1. The zero-order valence-corrected chi connectivity index (χ0v) is 17.6. The number of carbonyl (C=O) groups excluding carboxylic acids is 1. The standard InChI is InChI=1S/C23H25N3O5/c1-15-24-22(26-31-15)14-29-18-10-7-16(8-11-18)23(27)25-17-9-12-20(28-2)21(13-17)30-19-5-3-4-6-19/h7-13,19H,3-6,14H2,1-2H3,(H,25,27). The van der Waals surface area contributed by atoms with E-state index in [0.29, 0.717) is 40.2 Å². The number of nitrogens with one attached hydrogen (secondary N) is 1. The fraction of sp³-hybridized carbons (Fsp3) is 0.348. The van der Waals surface area contributed by atoms with E-state index in [1.165, 1.54) is 12.8 Å². The van der Waals surface area contributed by atoms with Crippen LogP contribution in [-0.2, 0) is 6.61 Å². The number of carbonyl (C=O) groups is 1. The van der Waals surface area contributed by atoms with Gasteiger partial charge >= 0.3 is 0 Å². The lowest BCUT2D eigenvalue weighted by Gasteiger charge is -2.17. The number of nitrogens with zero attached hydrogens (tertiary/aromatic N) is 2. The van der Waals surface area contributed by atoms with Crippen molar-refractivity contribution in [2.45, 2.75) is 45.3 Å². The summed E-state index contributed by atoms with van der Waals surface area (Å²) < 4.78 is 22.0. The van der Waals surface area contributed by atoms with Crippen molar-refractivity contribution in [1.29, 1.82) is 0 Å². The summed E-state index contributed by atoms with van der Waals surface area (Å²) in [6, 6.07) is 12.3. The van der Waals surface area contributed by atoms with Gasteiger partial charge in [0.05, 0.1) is 13.2 Å². The predicted molar refractivity (Wildman–Crippen MR) is 114 cm³/mol. The molecule has 0 unspecified atom stereocenters. The van der Waals surface area contributed by atoms with Crippen LogP contribution in [0.4, 0.5) is 5.69 Å². The minimum Gasteiger partial charge on any atom is -0.493 e. The third kappa shape index (κ3) is 5.33. The van der Waals surface area contributed by atoms with Crippen molar-refractivity contribution in [3.8, 4) is 17.2 Å². The normalized spacial score (nSPS) is 13.7. The van der Waals surface area contributed by atoms with Crippen LogP contribution in [0.15, 0.2) is 47.0 Å². The van der Waals surface area contributed by atoms with E-state index in [2.05, 4.69) is 15.5 Å². The smallest absolute Gasteiger partial charge is 0.255 e. The van der Waals surface area contributed by atoms with Crippen molar-refractivity contribution in [3.05, 3.63) is 59.7 Å². The number of aromatic nitrogens is 2. The summed E-state index contributed by atoms with van der Waals surface area (Å²) in [5.74, 6) is 2.64. The zero-order chi connectivity index (χ0) is 21.6. The molecular formula is C23H25N3O5. The van der Waals surface area contributed by atoms with Crippen molar-refractivity contribution >= 4 is 11.6 Å². The molecule has 1 saturated carbocycles. The fourth-order valence-electron chi connectivity index (χ4n) is 3.49. The molecule has 0 radical (unpaired) electrons. The summed E-state index contributed by atoms with van der Waals surface area (Å²) >= 11 is 0. The molecule has 162 valence electrons. The molecule has 1 amide bonds. The first-order valence-corrected chi connectivity index (χ1v) is 10.3. The third-order valence-corrected chi connectivity index (χ3v) is 5.07. The van der Waals surface area contributed by atoms with Gasteiger partial charge in [-0.15, -0.1) is 0 Å². The van der Waals surface area contributed by atoms with Gasteiger partial charge in [0.1, 0.15) is 5.75 Å². The summed E-state index contributed by atoms with van der Waals surface area (Å²) in [6.45, 7) is 1.91. The number of benzene rings is 2. The van der Waals surface area contributed by atoms with Gasteiger partial charge in [0.25, 0.3) is 5.91 Å². The molecule has 1 fully saturated rings. The highest BCUT2D eigenvalue weighted by Gasteiger charge is 2.19. The number of amides is 1. The number of rotatable bonds is 8. The number of methoxy groups -OCH3 is 1.